The van der Waals surface area contributed by atoms with Gasteiger partial charge in [-0.05, 0) is 31.3 Å². The first-order valence-electron chi connectivity index (χ1n) is 7.19. The van der Waals surface area contributed by atoms with Gasteiger partial charge >= 0.3 is 0 Å². The molecule has 0 atom stereocenters. The van der Waals surface area contributed by atoms with Gasteiger partial charge in [0, 0.05) is 24.7 Å². The molecule has 1 aromatic carbocycles. The number of pyridine rings is 1. The first-order valence-corrected chi connectivity index (χ1v) is 7.19. The number of anilines is 2. The number of benzene rings is 1. The van der Waals surface area contributed by atoms with Gasteiger partial charge in [0.05, 0.1) is 17.5 Å². The molecule has 8 heteroatoms. The standard InChI is InChI=1S/C12H9F2N3O.C4H9NO/c13-7-1-2-8(9(14)5-7)11-4-3-10(15)12(17-11)16-6-18;1-5-2-4(6)3-5/h1-6H,15H2,(H,16,17,18);4,6H,2-3H2,1H3. The highest BCUT2D eigenvalue weighted by molar-refractivity contribution is 5.78. The zero-order valence-corrected chi connectivity index (χ0v) is 13.0. The van der Waals surface area contributed by atoms with E-state index in [4.69, 9.17) is 10.8 Å². The monoisotopic (exact) mass is 336 g/mol. The Bertz CT molecular complexity index is 715. The number of halogens is 2. The maximum Gasteiger partial charge on any atom is 0.212 e. The number of nitrogens with two attached hydrogens (primary N) is 1. The topological polar surface area (TPSA) is 91.5 Å². The second kappa shape index (κ2) is 7.80. The second-order valence-electron chi connectivity index (χ2n) is 5.40. The van der Waals surface area contributed by atoms with Crippen molar-refractivity contribution in [1.29, 1.82) is 0 Å². The molecule has 1 aliphatic rings. The van der Waals surface area contributed by atoms with Crippen LogP contribution < -0.4 is 11.1 Å². The highest BCUT2D eigenvalue weighted by Gasteiger charge is 2.18. The molecule has 3 rings (SSSR count). The molecule has 4 N–H and O–H groups in total. The van der Waals surface area contributed by atoms with Gasteiger partial charge in [0.1, 0.15) is 11.6 Å². The summed E-state index contributed by atoms with van der Waals surface area (Å²) < 4.78 is 26.3. The van der Waals surface area contributed by atoms with E-state index < -0.39 is 11.6 Å². The van der Waals surface area contributed by atoms with Crippen molar-refractivity contribution in [3.8, 4) is 11.3 Å². The molecule has 0 spiro atoms. The number of nitrogen functional groups attached to an aromatic ring is 1. The molecule has 1 saturated heterocycles. The molecule has 2 aromatic rings. The van der Waals surface area contributed by atoms with Crippen LogP contribution in [0.5, 0.6) is 0 Å². The van der Waals surface area contributed by atoms with Crippen LogP contribution in [0.2, 0.25) is 0 Å². The number of carbonyl (C=O) groups excluding carboxylic acids is 1. The van der Waals surface area contributed by atoms with Crippen LogP contribution in [0.3, 0.4) is 0 Å². The van der Waals surface area contributed by atoms with Crippen molar-refractivity contribution in [3.63, 3.8) is 0 Å². The van der Waals surface area contributed by atoms with E-state index in [0.29, 0.717) is 6.41 Å². The fourth-order valence-corrected chi connectivity index (χ4v) is 2.15. The Morgan fingerprint density at radius 3 is 2.54 bits per heavy atom. The number of aliphatic hydroxyl groups is 1. The van der Waals surface area contributed by atoms with Crippen molar-refractivity contribution in [2.45, 2.75) is 6.10 Å². The third kappa shape index (κ3) is 4.46. The molecule has 0 bridgehead atoms. The average Bonchev–Trinajstić information content (AvgIpc) is 2.50. The summed E-state index contributed by atoms with van der Waals surface area (Å²) in [7, 11) is 1.99. The van der Waals surface area contributed by atoms with Gasteiger partial charge in [-0.25, -0.2) is 13.8 Å². The number of likely N-dealkylation sites (tertiary alicyclic amines) is 1. The third-order valence-electron chi connectivity index (χ3n) is 3.37. The lowest BCUT2D eigenvalue weighted by atomic mass is 10.1. The molecule has 6 nitrogen and oxygen atoms in total. The summed E-state index contributed by atoms with van der Waals surface area (Å²) in [5.41, 5.74) is 6.22. The number of β-amino-alcohol motifs (C(OH)–C–C–N with tert-alkyl or cyclic N) is 1. The molecule has 0 aliphatic carbocycles. The molecule has 128 valence electrons. The molecule has 1 aromatic heterocycles. The van der Waals surface area contributed by atoms with Crippen molar-refractivity contribution >= 4 is 17.9 Å². The van der Waals surface area contributed by atoms with Crippen LogP contribution in [-0.2, 0) is 4.79 Å². The smallest absolute Gasteiger partial charge is 0.212 e. The van der Waals surface area contributed by atoms with Crippen LogP contribution >= 0.6 is 0 Å². The molecule has 24 heavy (non-hydrogen) atoms. The van der Waals surface area contributed by atoms with Crippen LogP contribution in [-0.4, -0.2) is 47.6 Å². The number of nitrogens with zero attached hydrogens (tertiary/aromatic N) is 2. The SMILES string of the molecule is CN1CC(O)C1.Nc1ccc(-c2ccc(F)cc2F)nc1NC=O. The zero-order valence-electron chi connectivity index (χ0n) is 13.0. The van der Waals surface area contributed by atoms with E-state index in [2.05, 4.69) is 15.2 Å². The summed E-state index contributed by atoms with van der Waals surface area (Å²) in [6.45, 7) is 1.72. The minimum Gasteiger partial charge on any atom is -0.396 e. The van der Waals surface area contributed by atoms with Crippen molar-refractivity contribution < 1.29 is 18.7 Å². The highest BCUT2D eigenvalue weighted by atomic mass is 19.1. The first kappa shape index (κ1) is 17.8. The van der Waals surface area contributed by atoms with Gasteiger partial charge in [-0.2, -0.15) is 0 Å². The lowest BCUT2D eigenvalue weighted by Gasteiger charge is -2.31. The van der Waals surface area contributed by atoms with E-state index in [1.807, 2.05) is 7.05 Å². The predicted octanol–water partition coefficient (Wildman–Crippen LogP) is 1.47. The van der Waals surface area contributed by atoms with Gasteiger partial charge in [0.15, 0.2) is 5.82 Å². The summed E-state index contributed by atoms with van der Waals surface area (Å²) in [6.07, 6.45) is 0.388. The number of hydrogen-bond acceptors (Lipinski definition) is 5. The van der Waals surface area contributed by atoms with Crippen LogP contribution in [0.25, 0.3) is 11.3 Å². The van der Waals surface area contributed by atoms with Crippen LogP contribution in [0, 0.1) is 11.6 Å². The second-order valence-corrected chi connectivity index (χ2v) is 5.40. The van der Waals surface area contributed by atoms with Gasteiger partial charge in [0.2, 0.25) is 6.41 Å². The third-order valence-corrected chi connectivity index (χ3v) is 3.37. The zero-order chi connectivity index (χ0) is 17.7. The Hall–Kier alpha value is -2.58. The van der Waals surface area contributed by atoms with Gasteiger partial charge < -0.3 is 21.1 Å². The van der Waals surface area contributed by atoms with Crippen molar-refractivity contribution in [1.82, 2.24) is 9.88 Å². The van der Waals surface area contributed by atoms with E-state index >= 15 is 0 Å². The van der Waals surface area contributed by atoms with Gasteiger partial charge in [0.25, 0.3) is 0 Å². The predicted molar refractivity (Wildman–Crippen MR) is 87.2 cm³/mol. The minimum absolute atomic E-state index is 0.0324. The van der Waals surface area contributed by atoms with E-state index in [1.165, 1.54) is 18.2 Å². The molecule has 0 saturated carbocycles. The molecular formula is C16H18F2N4O2. The van der Waals surface area contributed by atoms with Crippen molar-refractivity contribution in [2.24, 2.45) is 0 Å². The number of amides is 1. The molecule has 1 fully saturated rings. The van der Waals surface area contributed by atoms with E-state index in [1.54, 1.807) is 0 Å². The number of aromatic nitrogens is 1. The van der Waals surface area contributed by atoms with Crippen LogP contribution in [0.4, 0.5) is 20.3 Å². The quantitative estimate of drug-likeness (QED) is 0.738. The van der Waals surface area contributed by atoms with Gasteiger partial charge in [-0.15, -0.1) is 0 Å². The van der Waals surface area contributed by atoms with Crippen molar-refractivity contribution in [2.75, 3.05) is 31.2 Å². The Labute approximate surface area is 137 Å². The number of rotatable bonds is 3. The maximum atomic E-state index is 13.6. The van der Waals surface area contributed by atoms with Crippen molar-refractivity contribution in [3.05, 3.63) is 42.0 Å². The summed E-state index contributed by atoms with van der Waals surface area (Å²) in [5, 5.41) is 10.9. The minimum atomic E-state index is -0.732. The van der Waals surface area contributed by atoms with E-state index in [0.717, 1.165) is 25.2 Å². The molecule has 0 unspecified atom stereocenters. The van der Waals surface area contributed by atoms with Crippen LogP contribution in [0.15, 0.2) is 30.3 Å². The first-order chi connectivity index (χ1) is 11.4. The summed E-state index contributed by atoms with van der Waals surface area (Å²) in [5.74, 6) is -1.27. The molecule has 1 aliphatic heterocycles. The number of aliphatic hydroxyl groups excluding tert-OH is 1. The highest BCUT2D eigenvalue weighted by Crippen LogP contribution is 2.25. The number of hydrogen-bond donors (Lipinski definition) is 3. The molecule has 0 radical (unpaired) electrons. The summed E-state index contributed by atoms with van der Waals surface area (Å²) in [4.78, 5) is 16.4. The maximum absolute atomic E-state index is 13.6. The molecule has 2 heterocycles. The van der Waals surface area contributed by atoms with E-state index in [-0.39, 0.29) is 28.9 Å². The normalized spacial score (nSPS) is 14.3. The van der Waals surface area contributed by atoms with Gasteiger partial charge in [-0.1, -0.05) is 0 Å². The number of nitrogens with one attached hydrogen (secondary N) is 1. The Morgan fingerprint density at radius 2 is 2.04 bits per heavy atom. The Balaban J connectivity index is 0.000000292. The number of likely N-dealkylation sites (N-methyl/N-ethyl adjacent to an activating group) is 1. The lowest BCUT2D eigenvalue weighted by Crippen LogP contribution is -2.47. The van der Waals surface area contributed by atoms with Crippen LogP contribution in [0.1, 0.15) is 0 Å². The Kier molecular flexibility index (Phi) is 5.78. The number of carbonyl (C=O) groups is 1. The molecular weight excluding hydrogens is 318 g/mol. The fourth-order valence-electron chi connectivity index (χ4n) is 2.15. The average molecular weight is 336 g/mol. The molecule has 1 amide bonds. The Morgan fingerprint density at radius 1 is 1.33 bits per heavy atom. The van der Waals surface area contributed by atoms with E-state index in [9.17, 15) is 13.6 Å². The summed E-state index contributed by atoms with van der Waals surface area (Å²) >= 11 is 0. The fraction of sp³-hybridized carbons (Fsp3) is 0.250. The summed E-state index contributed by atoms with van der Waals surface area (Å²) in [6, 6.07) is 6.13. The largest absolute Gasteiger partial charge is 0.396 e. The van der Waals surface area contributed by atoms with Gasteiger partial charge in [-0.3, -0.25) is 4.79 Å². The lowest BCUT2D eigenvalue weighted by molar-refractivity contribution is -0.105.